The molecule has 0 N–H and O–H groups in total. The second kappa shape index (κ2) is 7.14. The first-order chi connectivity index (χ1) is 11.1. The first-order valence-corrected chi connectivity index (χ1v) is 9.35. The molecule has 24 heavy (non-hydrogen) atoms. The van der Waals surface area contributed by atoms with Crippen LogP contribution in [0.3, 0.4) is 0 Å². The minimum Gasteiger partial charge on any atom is -0.289 e. The number of hydrogen-bond acceptors (Lipinski definition) is 2. The van der Waals surface area contributed by atoms with Crippen LogP contribution in [-0.2, 0) is 0 Å². The first-order valence-electron chi connectivity index (χ1n) is 8.53. The normalized spacial score (nSPS) is 11.8. The fourth-order valence-corrected chi connectivity index (χ4v) is 3.88. The van der Waals surface area contributed by atoms with Crippen molar-refractivity contribution in [1.29, 1.82) is 0 Å². The van der Waals surface area contributed by atoms with E-state index < -0.39 is 0 Å². The van der Waals surface area contributed by atoms with Gasteiger partial charge in [0.2, 0.25) is 0 Å². The maximum absolute atomic E-state index is 12.8. The fourth-order valence-electron chi connectivity index (χ4n) is 2.87. The molecular weight excluding hydrogens is 312 g/mol. The number of hydrogen-bond donors (Lipinski definition) is 0. The summed E-state index contributed by atoms with van der Waals surface area (Å²) in [4.78, 5) is 14.1. The molecule has 0 aliphatic carbocycles. The maximum Gasteiger partial charge on any atom is 0.193 e. The van der Waals surface area contributed by atoms with Gasteiger partial charge in [0.05, 0.1) is 0 Å². The van der Waals surface area contributed by atoms with E-state index in [4.69, 9.17) is 0 Å². The van der Waals surface area contributed by atoms with Crippen LogP contribution in [0.1, 0.15) is 73.1 Å². The summed E-state index contributed by atoms with van der Waals surface area (Å²) in [5, 5.41) is 0. The first kappa shape index (κ1) is 18.8. The third-order valence-corrected chi connectivity index (χ3v) is 5.30. The third kappa shape index (κ3) is 4.51. The minimum atomic E-state index is 0.101. The lowest BCUT2D eigenvalue weighted by Gasteiger charge is -2.19. The number of carbonyl (C=O) groups excluding carboxylic acids is 1. The molecule has 0 saturated carbocycles. The molecule has 2 aromatic carbocycles. The van der Waals surface area contributed by atoms with Crippen LogP contribution in [0.15, 0.2) is 41.3 Å². The molecule has 0 aliphatic heterocycles. The highest BCUT2D eigenvalue weighted by atomic mass is 32.2. The Morgan fingerprint density at radius 2 is 1.46 bits per heavy atom. The molecule has 0 aromatic heterocycles. The van der Waals surface area contributed by atoms with Crippen LogP contribution in [0, 0.1) is 13.8 Å². The van der Waals surface area contributed by atoms with E-state index in [0.29, 0.717) is 5.92 Å². The van der Waals surface area contributed by atoms with Crippen molar-refractivity contribution in [2.45, 2.75) is 64.0 Å². The molecule has 0 fully saturated rings. The van der Waals surface area contributed by atoms with E-state index in [-0.39, 0.29) is 10.5 Å². The number of carbonyl (C=O) groups is 1. The maximum atomic E-state index is 12.8. The average molecular weight is 341 g/mol. The molecule has 2 aromatic rings. The number of rotatable bonds is 4. The van der Waals surface area contributed by atoms with Gasteiger partial charge in [0.15, 0.2) is 5.78 Å². The van der Waals surface area contributed by atoms with E-state index >= 15 is 0 Å². The molecule has 0 spiro atoms. The monoisotopic (exact) mass is 340 g/mol. The Kier molecular flexibility index (Phi) is 5.59. The van der Waals surface area contributed by atoms with Crippen molar-refractivity contribution in [2.75, 3.05) is 0 Å². The molecule has 0 saturated heterocycles. The van der Waals surface area contributed by atoms with Crippen LogP contribution in [0.5, 0.6) is 0 Å². The fraction of sp³-hybridized carbons (Fsp3) is 0.409. The predicted molar refractivity (Wildman–Crippen MR) is 105 cm³/mol. The summed E-state index contributed by atoms with van der Waals surface area (Å²) in [6.07, 6.45) is 0. The Bertz CT molecular complexity index is 751. The Morgan fingerprint density at radius 1 is 0.917 bits per heavy atom. The lowest BCUT2D eigenvalue weighted by Crippen LogP contribution is -2.08. The molecule has 2 rings (SSSR count). The van der Waals surface area contributed by atoms with E-state index in [9.17, 15) is 4.79 Å². The van der Waals surface area contributed by atoms with Crippen LogP contribution in [0.2, 0.25) is 0 Å². The number of thioether (sulfide) groups is 1. The molecule has 2 heteroatoms. The lowest BCUT2D eigenvalue weighted by molar-refractivity contribution is 0.103. The second-order valence-electron chi connectivity index (χ2n) is 7.75. The number of benzene rings is 2. The zero-order valence-corrected chi connectivity index (χ0v) is 16.7. The minimum absolute atomic E-state index is 0.101. The summed E-state index contributed by atoms with van der Waals surface area (Å²) in [5.74, 6) is 0.578. The van der Waals surface area contributed by atoms with E-state index in [0.717, 1.165) is 16.7 Å². The van der Waals surface area contributed by atoms with Crippen molar-refractivity contribution in [2.24, 2.45) is 0 Å². The number of aryl methyl sites for hydroxylation is 2. The van der Waals surface area contributed by atoms with E-state index in [1.807, 2.05) is 36.0 Å². The summed E-state index contributed by atoms with van der Waals surface area (Å²) in [6.45, 7) is 15.1. The smallest absolute Gasteiger partial charge is 0.193 e. The summed E-state index contributed by atoms with van der Waals surface area (Å²) in [5.41, 5.74) is 5.19. The zero-order chi connectivity index (χ0) is 18.1. The van der Waals surface area contributed by atoms with Crippen LogP contribution < -0.4 is 0 Å². The Balaban J connectivity index is 2.30. The SMILES string of the molecule is Cc1cc(C(=O)c2ccc(C(C)C)c(C)c2)ccc1SC(C)(C)C. The van der Waals surface area contributed by atoms with Gasteiger partial charge in [-0.2, -0.15) is 0 Å². The zero-order valence-electron chi connectivity index (χ0n) is 15.9. The molecule has 0 amide bonds. The molecule has 1 nitrogen and oxygen atoms in total. The molecule has 128 valence electrons. The summed E-state index contributed by atoms with van der Waals surface area (Å²) in [6, 6.07) is 12.1. The molecular formula is C22H28OS. The van der Waals surface area contributed by atoms with Gasteiger partial charge in [0, 0.05) is 20.8 Å². The molecule has 0 atom stereocenters. The summed E-state index contributed by atoms with van der Waals surface area (Å²) >= 11 is 1.84. The third-order valence-electron chi connectivity index (χ3n) is 4.01. The van der Waals surface area contributed by atoms with Crippen LogP contribution in [0.25, 0.3) is 0 Å². The Morgan fingerprint density at radius 3 is 1.92 bits per heavy atom. The van der Waals surface area contributed by atoms with Gasteiger partial charge in [0.25, 0.3) is 0 Å². The van der Waals surface area contributed by atoms with Crippen molar-refractivity contribution in [1.82, 2.24) is 0 Å². The molecule has 0 heterocycles. The second-order valence-corrected chi connectivity index (χ2v) is 9.62. The van der Waals surface area contributed by atoms with Crippen molar-refractivity contribution in [3.05, 3.63) is 64.2 Å². The summed E-state index contributed by atoms with van der Waals surface area (Å²) in [7, 11) is 0. The van der Waals surface area contributed by atoms with Crippen molar-refractivity contribution < 1.29 is 4.79 Å². The molecule has 0 radical (unpaired) electrons. The van der Waals surface area contributed by atoms with Gasteiger partial charge in [-0.25, -0.2) is 0 Å². The van der Waals surface area contributed by atoms with Crippen LogP contribution in [0.4, 0.5) is 0 Å². The van der Waals surface area contributed by atoms with Gasteiger partial charge in [-0.1, -0.05) is 46.8 Å². The lowest BCUT2D eigenvalue weighted by atomic mass is 9.93. The average Bonchev–Trinajstić information content (AvgIpc) is 2.46. The highest BCUT2D eigenvalue weighted by molar-refractivity contribution is 8.00. The molecule has 0 unspecified atom stereocenters. The topological polar surface area (TPSA) is 17.1 Å². The Labute approximate surface area is 150 Å². The van der Waals surface area contributed by atoms with Gasteiger partial charge in [0.1, 0.15) is 0 Å². The van der Waals surface area contributed by atoms with Crippen molar-refractivity contribution in [3.63, 3.8) is 0 Å². The largest absolute Gasteiger partial charge is 0.289 e. The van der Waals surface area contributed by atoms with E-state index in [1.165, 1.54) is 16.0 Å². The van der Waals surface area contributed by atoms with Gasteiger partial charge < -0.3 is 0 Å². The Hall–Kier alpha value is -1.54. The highest BCUT2D eigenvalue weighted by Gasteiger charge is 2.16. The van der Waals surface area contributed by atoms with Crippen LogP contribution in [-0.4, -0.2) is 10.5 Å². The number of ketones is 1. The molecule has 0 aliphatic rings. The van der Waals surface area contributed by atoms with E-state index in [1.54, 1.807) is 0 Å². The van der Waals surface area contributed by atoms with Gasteiger partial charge >= 0.3 is 0 Å². The standard InChI is InChI=1S/C22H28OS/c1-14(2)19-10-8-17(12-15(19)3)21(23)18-9-11-20(16(4)13-18)24-22(5,6)7/h8-14H,1-7H3. The van der Waals surface area contributed by atoms with Gasteiger partial charge in [-0.3, -0.25) is 4.79 Å². The highest BCUT2D eigenvalue weighted by Crippen LogP contribution is 2.34. The van der Waals surface area contributed by atoms with Crippen molar-refractivity contribution in [3.8, 4) is 0 Å². The van der Waals surface area contributed by atoms with Gasteiger partial charge in [-0.05, 0) is 60.7 Å². The van der Waals surface area contributed by atoms with E-state index in [2.05, 4.69) is 60.6 Å². The quantitative estimate of drug-likeness (QED) is 0.464. The van der Waals surface area contributed by atoms with Crippen LogP contribution >= 0.6 is 11.8 Å². The predicted octanol–water partition coefficient (Wildman–Crippen LogP) is 6.55. The van der Waals surface area contributed by atoms with Crippen molar-refractivity contribution >= 4 is 17.5 Å². The molecule has 0 bridgehead atoms. The summed E-state index contributed by atoms with van der Waals surface area (Å²) < 4.78 is 0.167. The van der Waals surface area contributed by atoms with Gasteiger partial charge in [-0.15, -0.1) is 11.8 Å².